The van der Waals surface area contributed by atoms with Crippen molar-refractivity contribution in [1.29, 1.82) is 0 Å². The summed E-state index contributed by atoms with van der Waals surface area (Å²) in [5, 5.41) is 23.0. The van der Waals surface area contributed by atoms with E-state index in [4.69, 9.17) is 0 Å². The number of nitrogens with one attached hydrogen (secondary N) is 1. The van der Waals surface area contributed by atoms with E-state index in [1.54, 1.807) is 6.08 Å². The van der Waals surface area contributed by atoms with Gasteiger partial charge in [0.2, 0.25) is 5.91 Å². The molecule has 0 saturated heterocycles. The lowest BCUT2D eigenvalue weighted by Crippen LogP contribution is -2.45. The number of rotatable bonds is 45. The number of aliphatic hydroxyl groups excluding tert-OH is 2. The Morgan fingerprint density at radius 2 is 0.722 bits per heavy atom. The van der Waals surface area contributed by atoms with Crippen molar-refractivity contribution in [3.05, 3.63) is 24.3 Å². The van der Waals surface area contributed by atoms with Gasteiger partial charge in [-0.1, -0.05) is 256 Å². The first-order valence-electron chi connectivity index (χ1n) is 24.6. The number of carbonyl (C=O) groups excluding carboxylic acids is 1. The molecule has 2 unspecified atom stereocenters. The molecule has 0 rings (SSSR count). The van der Waals surface area contributed by atoms with Crippen molar-refractivity contribution in [3.63, 3.8) is 0 Å². The van der Waals surface area contributed by atoms with Gasteiger partial charge in [-0.25, -0.2) is 0 Å². The summed E-state index contributed by atoms with van der Waals surface area (Å²) in [7, 11) is 0. The molecule has 320 valence electrons. The van der Waals surface area contributed by atoms with E-state index in [2.05, 4.69) is 31.3 Å². The van der Waals surface area contributed by atoms with Crippen molar-refractivity contribution in [2.75, 3.05) is 6.61 Å². The second-order valence-corrected chi connectivity index (χ2v) is 16.9. The molecule has 0 radical (unpaired) electrons. The monoisotopic (exact) mass is 760 g/mol. The van der Waals surface area contributed by atoms with Gasteiger partial charge in [0.25, 0.3) is 0 Å². The van der Waals surface area contributed by atoms with Crippen molar-refractivity contribution in [3.8, 4) is 0 Å². The van der Waals surface area contributed by atoms with Crippen molar-refractivity contribution in [1.82, 2.24) is 5.32 Å². The summed E-state index contributed by atoms with van der Waals surface area (Å²) in [6.45, 7) is 4.30. The number of allylic oxidation sites excluding steroid dienone is 3. The van der Waals surface area contributed by atoms with Crippen LogP contribution in [0.25, 0.3) is 0 Å². The molecule has 0 heterocycles. The van der Waals surface area contributed by atoms with Crippen molar-refractivity contribution in [2.45, 2.75) is 283 Å². The fraction of sp³-hybridized carbons (Fsp3) is 0.900. The van der Waals surface area contributed by atoms with Gasteiger partial charge in [0, 0.05) is 6.42 Å². The topological polar surface area (TPSA) is 69.6 Å². The van der Waals surface area contributed by atoms with E-state index in [1.807, 2.05) is 6.08 Å². The third kappa shape index (κ3) is 42.0. The number of amides is 1. The summed E-state index contributed by atoms with van der Waals surface area (Å²) in [4.78, 5) is 12.3. The van der Waals surface area contributed by atoms with Crippen LogP contribution in [-0.2, 0) is 4.79 Å². The summed E-state index contributed by atoms with van der Waals surface area (Å²) < 4.78 is 0. The highest BCUT2D eigenvalue weighted by Gasteiger charge is 2.17. The SMILES string of the molecule is CCCCCCCCCCCCCCCCCCCCCCCCCCC/C=C/CC/C=C/C(O)C(CO)NC(=O)CCCCCCCCCCCCC. The van der Waals surface area contributed by atoms with E-state index >= 15 is 0 Å². The van der Waals surface area contributed by atoms with Crippen LogP contribution in [0, 0.1) is 0 Å². The Kier molecular flexibility index (Phi) is 45.3. The highest BCUT2D eigenvalue weighted by molar-refractivity contribution is 5.76. The van der Waals surface area contributed by atoms with Crippen LogP contribution < -0.4 is 5.32 Å². The van der Waals surface area contributed by atoms with E-state index in [0.29, 0.717) is 6.42 Å². The zero-order valence-corrected chi connectivity index (χ0v) is 36.8. The highest BCUT2D eigenvalue weighted by Crippen LogP contribution is 2.17. The average molecular weight is 760 g/mol. The predicted molar refractivity (Wildman–Crippen MR) is 239 cm³/mol. The van der Waals surface area contributed by atoms with Crippen LogP contribution in [0.4, 0.5) is 0 Å². The molecular formula is C50H97NO3. The van der Waals surface area contributed by atoms with Crippen LogP contribution in [0.3, 0.4) is 0 Å². The molecule has 0 spiro atoms. The smallest absolute Gasteiger partial charge is 0.220 e. The Bertz CT molecular complexity index is 780. The minimum absolute atomic E-state index is 0.0729. The Labute approximate surface area is 339 Å². The Morgan fingerprint density at radius 1 is 0.426 bits per heavy atom. The van der Waals surface area contributed by atoms with Crippen molar-refractivity contribution in [2.24, 2.45) is 0 Å². The molecule has 0 aromatic heterocycles. The quantitative estimate of drug-likeness (QED) is 0.0428. The minimum atomic E-state index is -0.857. The second kappa shape index (κ2) is 46.3. The maximum Gasteiger partial charge on any atom is 0.220 e. The van der Waals surface area contributed by atoms with Gasteiger partial charge < -0.3 is 15.5 Å². The summed E-state index contributed by atoms with van der Waals surface area (Å²) in [5.41, 5.74) is 0. The summed E-state index contributed by atoms with van der Waals surface area (Å²) in [6, 6.07) is -0.634. The van der Waals surface area contributed by atoms with E-state index in [9.17, 15) is 15.0 Å². The number of hydrogen-bond acceptors (Lipinski definition) is 3. The third-order valence-corrected chi connectivity index (χ3v) is 11.4. The first kappa shape index (κ1) is 52.9. The number of carbonyl (C=O) groups is 1. The molecule has 4 heteroatoms. The molecule has 0 aliphatic heterocycles. The largest absolute Gasteiger partial charge is 0.394 e. The summed E-state index contributed by atoms with van der Waals surface area (Å²) in [5.74, 6) is -0.0729. The molecule has 0 aliphatic rings. The molecule has 3 N–H and O–H groups in total. The fourth-order valence-corrected chi connectivity index (χ4v) is 7.67. The zero-order valence-electron chi connectivity index (χ0n) is 36.8. The molecular weight excluding hydrogens is 663 g/mol. The van der Waals surface area contributed by atoms with E-state index in [-0.39, 0.29) is 12.5 Å². The highest BCUT2D eigenvalue weighted by atomic mass is 16.3. The van der Waals surface area contributed by atoms with Crippen LogP contribution in [0.15, 0.2) is 24.3 Å². The van der Waals surface area contributed by atoms with Crippen molar-refractivity contribution >= 4 is 5.91 Å². The lowest BCUT2D eigenvalue weighted by Gasteiger charge is -2.19. The molecule has 0 aliphatic carbocycles. The predicted octanol–water partition coefficient (Wildman–Crippen LogP) is 15.6. The molecule has 4 nitrogen and oxygen atoms in total. The van der Waals surface area contributed by atoms with Gasteiger partial charge in [-0.15, -0.1) is 0 Å². The van der Waals surface area contributed by atoms with Gasteiger partial charge in [0.1, 0.15) is 0 Å². The number of unbranched alkanes of at least 4 members (excludes halogenated alkanes) is 36. The molecule has 0 aromatic rings. The molecule has 2 atom stereocenters. The van der Waals surface area contributed by atoms with Crippen LogP contribution in [-0.4, -0.2) is 34.9 Å². The van der Waals surface area contributed by atoms with Gasteiger partial charge in [-0.2, -0.15) is 0 Å². The first-order chi connectivity index (χ1) is 26.7. The Hall–Kier alpha value is -1.13. The van der Waals surface area contributed by atoms with Crippen LogP contribution in [0.5, 0.6) is 0 Å². The van der Waals surface area contributed by atoms with Crippen LogP contribution >= 0.6 is 0 Å². The van der Waals surface area contributed by atoms with E-state index in [1.165, 1.54) is 218 Å². The Balaban J connectivity index is 3.46. The molecule has 0 aromatic carbocycles. The van der Waals surface area contributed by atoms with Gasteiger partial charge >= 0.3 is 0 Å². The van der Waals surface area contributed by atoms with Gasteiger partial charge in [-0.3, -0.25) is 4.79 Å². The molecule has 0 fully saturated rings. The second-order valence-electron chi connectivity index (χ2n) is 16.9. The van der Waals surface area contributed by atoms with Gasteiger partial charge in [0.05, 0.1) is 18.8 Å². The van der Waals surface area contributed by atoms with Crippen LogP contribution in [0.2, 0.25) is 0 Å². The summed E-state index contributed by atoms with van der Waals surface area (Å²) in [6.07, 6.45) is 60.4. The molecule has 1 amide bonds. The molecule has 0 saturated carbocycles. The summed E-state index contributed by atoms with van der Waals surface area (Å²) >= 11 is 0. The lowest BCUT2D eigenvalue weighted by molar-refractivity contribution is -0.123. The fourth-order valence-electron chi connectivity index (χ4n) is 7.67. The van der Waals surface area contributed by atoms with Crippen LogP contribution in [0.1, 0.15) is 271 Å². The van der Waals surface area contributed by atoms with Gasteiger partial charge in [-0.05, 0) is 32.1 Å². The van der Waals surface area contributed by atoms with E-state index in [0.717, 1.165) is 32.1 Å². The Morgan fingerprint density at radius 3 is 1.07 bits per heavy atom. The maximum absolute atomic E-state index is 12.3. The standard InChI is InChI=1S/C50H97NO3/c1-3-5-7-9-11-13-15-16-17-18-19-20-21-22-23-24-25-26-27-28-29-30-31-32-33-34-36-37-39-41-43-45-49(53)48(47-52)51-50(54)46-44-42-40-38-35-14-12-10-8-6-4-2/h36-37,43,45,48-49,52-53H,3-35,38-42,44,46-47H2,1-2H3,(H,51,54)/b37-36+,45-43+. The minimum Gasteiger partial charge on any atom is -0.394 e. The zero-order chi connectivity index (χ0) is 39.3. The number of hydrogen-bond donors (Lipinski definition) is 3. The van der Waals surface area contributed by atoms with E-state index < -0.39 is 12.1 Å². The normalized spacial score (nSPS) is 13.0. The van der Waals surface area contributed by atoms with Crippen molar-refractivity contribution < 1.29 is 15.0 Å². The average Bonchev–Trinajstić information content (AvgIpc) is 3.18. The molecule has 0 bridgehead atoms. The van der Waals surface area contributed by atoms with Gasteiger partial charge in [0.15, 0.2) is 0 Å². The molecule has 54 heavy (non-hydrogen) atoms. The number of aliphatic hydroxyl groups is 2. The maximum atomic E-state index is 12.3. The lowest BCUT2D eigenvalue weighted by atomic mass is 10.0. The third-order valence-electron chi connectivity index (χ3n) is 11.4. The first-order valence-corrected chi connectivity index (χ1v) is 24.6.